The van der Waals surface area contributed by atoms with E-state index in [1.54, 1.807) is 0 Å². The maximum absolute atomic E-state index is 10.2. The van der Waals surface area contributed by atoms with Crippen LogP contribution in [0.15, 0.2) is 0 Å². The van der Waals surface area contributed by atoms with Crippen molar-refractivity contribution in [2.24, 2.45) is 0 Å². The van der Waals surface area contributed by atoms with Gasteiger partial charge in [0, 0.05) is 12.6 Å². The summed E-state index contributed by atoms with van der Waals surface area (Å²) in [5, 5.41) is 3.46. The summed E-state index contributed by atoms with van der Waals surface area (Å²) >= 11 is 0. The van der Waals surface area contributed by atoms with Gasteiger partial charge in [0.1, 0.15) is 5.60 Å². The number of rotatable bonds is 5. The van der Waals surface area contributed by atoms with Gasteiger partial charge in [0.25, 0.3) is 6.47 Å². The van der Waals surface area contributed by atoms with Crippen LogP contribution >= 0.6 is 0 Å². The zero-order valence-corrected chi connectivity index (χ0v) is 9.21. The quantitative estimate of drug-likeness (QED) is 0.687. The van der Waals surface area contributed by atoms with Crippen LogP contribution in [0, 0.1) is 0 Å². The van der Waals surface area contributed by atoms with E-state index >= 15 is 0 Å². The van der Waals surface area contributed by atoms with Crippen LogP contribution in [0.5, 0.6) is 0 Å². The van der Waals surface area contributed by atoms with Gasteiger partial charge in [-0.25, -0.2) is 0 Å². The molecule has 1 aliphatic rings. The fraction of sp³-hybridized carbons (Fsp3) is 0.909. The Kier molecular flexibility index (Phi) is 4.39. The molecule has 0 aromatic carbocycles. The van der Waals surface area contributed by atoms with Crippen molar-refractivity contribution in [3.8, 4) is 0 Å². The summed E-state index contributed by atoms with van der Waals surface area (Å²) in [5.41, 5.74) is -0.376. The predicted molar refractivity (Wildman–Crippen MR) is 56.1 cm³/mol. The van der Waals surface area contributed by atoms with Crippen LogP contribution in [0.4, 0.5) is 0 Å². The van der Waals surface area contributed by atoms with Gasteiger partial charge in [0.05, 0.1) is 0 Å². The van der Waals surface area contributed by atoms with Gasteiger partial charge in [0.15, 0.2) is 0 Å². The van der Waals surface area contributed by atoms with Gasteiger partial charge in [-0.1, -0.05) is 19.3 Å². The first kappa shape index (κ1) is 11.5. The minimum absolute atomic E-state index is 0.376. The fourth-order valence-corrected chi connectivity index (χ4v) is 1.87. The SMILES string of the molecule is CC(C)(CNC1CCCCC1)OC=O. The topological polar surface area (TPSA) is 38.3 Å². The zero-order chi connectivity index (χ0) is 10.4. The molecule has 0 aromatic rings. The lowest BCUT2D eigenvalue weighted by atomic mass is 9.95. The van der Waals surface area contributed by atoms with Crippen molar-refractivity contribution in [1.82, 2.24) is 5.32 Å². The largest absolute Gasteiger partial charge is 0.461 e. The van der Waals surface area contributed by atoms with Crippen molar-refractivity contribution in [2.75, 3.05) is 6.54 Å². The maximum atomic E-state index is 10.2. The van der Waals surface area contributed by atoms with Crippen molar-refractivity contribution < 1.29 is 9.53 Å². The molecule has 1 N–H and O–H groups in total. The van der Waals surface area contributed by atoms with E-state index in [0.717, 1.165) is 6.54 Å². The summed E-state index contributed by atoms with van der Waals surface area (Å²) in [4.78, 5) is 10.2. The number of carbonyl (C=O) groups excluding carboxylic acids is 1. The number of carbonyl (C=O) groups is 1. The molecule has 0 spiro atoms. The molecule has 1 fully saturated rings. The first-order valence-electron chi connectivity index (χ1n) is 5.49. The number of hydrogen-bond acceptors (Lipinski definition) is 3. The number of hydrogen-bond donors (Lipinski definition) is 1. The molecule has 0 aliphatic heterocycles. The lowest BCUT2D eigenvalue weighted by Crippen LogP contribution is -2.42. The summed E-state index contributed by atoms with van der Waals surface area (Å²) < 4.78 is 4.98. The minimum atomic E-state index is -0.376. The van der Waals surface area contributed by atoms with Crippen LogP contribution in [-0.4, -0.2) is 24.7 Å². The molecular formula is C11H21NO2. The lowest BCUT2D eigenvalue weighted by molar-refractivity contribution is -0.140. The van der Waals surface area contributed by atoms with Gasteiger partial charge in [-0.2, -0.15) is 0 Å². The van der Waals surface area contributed by atoms with Crippen LogP contribution in [0.25, 0.3) is 0 Å². The predicted octanol–water partition coefficient (Wildman–Crippen LogP) is 1.86. The molecule has 0 aromatic heterocycles. The minimum Gasteiger partial charge on any atom is -0.461 e. The van der Waals surface area contributed by atoms with Crippen molar-refractivity contribution in [1.29, 1.82) is 0 Å². The molecule has 14 heavy (non-hydrogen) atoms. The molecule has 3 nitrogen and oxygen atoms in total. The number of nitrogens with one attached hydrogen (secondary N) is 1. The highest BCUT2D eigenvalue weighted by molar-refractivity contribution is 5.38. The molecule has 0 saturated heterocycles. The third-order valence-corrected chi connectivity index (χ3v) is 2.79. The maximum Gasteiger partial charge on any atom is 0.293 e. The molecule has 0 amide bonds. The summed E-state index contributed by atoms with van der Waals surface area (Å²) in [5.74, 6) is 0. The molecule has 1 aliphatic carbocycles. The second kappa shape index (κ2) is 5.35. The standard InChI is InChI=1S/C11H21NO2/c1-11(2,14-9-13)8-12-10-6-4-3-5-7-10/h9-10,12H,3-8H2,1-2H3. The normalized spacial score (nSPS) is 19.3. The Labute approximate surface area is 86.2 Å². The van der Waals surface area contributed by atoms with Crippen LogP contribution in [-0.2, 0) is 9.53 Å². The van der Waals surface area contributed by atoms with Crippen LogP contribution in [0.3, 0.4) is 0 Å². The Morgan fingerprint density at radius 2 is 2.00 bits per heavy atom. The summed E-state index contributed by atoms with van der Waals surface area (Å²) in [6.07, 6.45) is 6.54. The van der Waals surface area contributed by atoms with Gasteiger partial charge in [-0.3, -0.25) is 4.79 Å². The monoisotopic (exact) mass is 199 g/mol. The van der Waals surface area contributed by atoms with Gasteiger partial charge in [0.2, 0.25) is 0 Å². The second-order valence-electron chi connectivity index (χ2n) is 4.69. The Morgan fingerprint density at radius 1 is 1.36 bits per heavy atom. The van der Waals surface area contributed by atoms with Gasteiger partial charge in [-0.15, -0.1) is 0 Å². The second-order valence-corrected chi connectivity index (χ2v) is 4.69. The van der Waals surface area contributed by atoms with E-state index in [0.29, 0.717) is 12.5 Å². The Bertz CT molecular complexity index is 174. The molecule has 0 heterocycles. The first-order chi connectivity index (χ1) is 6.64. The molecule has 3 heteroatoms. The third-order valence-electron chi connectivity index (χ3n) is 2.79. The average Bonchev–Trinajstić information content (AvgIpc) is 2.17. The Morgan fingerprint density at radius 3 is 2.57 bits per heavy atom. The highest BCUT2D eigenvalue weighted by atomic mass is 16.5. The Hall–Kier alpha value is -0.570. The van der Waals surface area contributed by atoms with Gasteiger partial charge < -0.3 is 10.1 Å². The van der Waals surface area contributed by atoms with Gasteiger partial charge >= 0.3 is 0 Å². The molecule has 82 valence electrons. The lowest BCUT2D eigenvalue weighted by Gasteiger charge is -2.28. The van der Waals surface area contributed by atoms with Crippen molar-refractivity contribution in [3.63, 3.8) is 0 Å². The molecule has 0 bridgehead atoms. The molecular weight excluding hydrogens is 178 g/mol. The van der Waals surface area contributed by atoms with Crippen molar-refractivity contribution in [2.45, 2.75) is 57.6 Å². The highest BCUT2D eigenvalue weighted by Gasteiger charge is 2.21. The zero-order valence-electron chi connectivity index (χ0n) is 9.21. The smallest absolute Gasteiger partial charge is 0.293 e. The Balaban J connectivity index is 2.20. The highest BCUT2D eigenvalue weighted by Crippen LogP contribution is 2.18. The van der Waals surface area contributed by atoms with E-state index in [4.69, 9.17) is 4.74 Å². The fourth-order valence-electron chi connectivity index (χ4n) is 1.87. The van der Waals surface area contributed by atoms with E-state index in [1.165, 1.54) is 32.1 Å². The van der Waals surface area contributed by atoms with Crippen molar-refractivity contribution in [3.05, 3.63) is 0 Å². The molecule has 1 saturated carbocycles. The summed E-state index contributed by atoms with van der Waals surface area (Å²) in [6.45, 7) is 5.13. The summed E-state index contributed by atoms with van der Waals surface area (Å²) in [6, 6.07) is 0.623. The van der Waals surface area contributed by atoms with Crippen molar-refractivity contribution >= 4 is 6.47 Å². The number of ether oxygens (including phenoxy) is 1. The van der Waals surface area contributed by atoms with Crippen LogP contribution in [0.1, 0.15) is 46.0 Å². The van der Waals surface area contributed by atoms with E-state index in [1.807, 2.05) is 13.8 Å². The molecule has 0 atom stereocenters. The van der Waals surface area contributed by atoms with E-state index in [-0.39, 0.29) is 5.60 Å². The third kappa shape index (κ3) is 4.09. The van der Waals surface area contributed by atoms with Crippen LogP contribution < -0.4 is 5.32 Å². The van der Waals surface area contributed by atoms with E-state index in [2.05, 4.69) is 5.32 Å². The molecule has 1 rings (SSSR count). The average molecular weight is 199 g/mol. The van der Waals surface area contributed by atoms with Crippen LogP contribution in [0.2, 0.25) is 0 Å². The van der Waals surface area contributed by atoms with E-state index < -0.39 is 0 Å². The van der Waals surface area contributed by atoms with Gasteiger partial charge in [-0.05, 0) is 26.7 Å². The molecule has 0 unspecified atom stereocenters. The van der Waals surface area contributed by atoms with E-state index in [9.17, 15) is 4.79 Å². The first-order valence-corrected chi connectivity index (χ1v) is 5.49. The molecule has 0 radical (unpaired) electrons. The summed E-state index contributed by atoms with van der Waals surface area (Å²) in [7, 11) is 0.